The van der Waals surface area contributed by atoms with E-state index in [0.717, 1.165) is 35.4 Å². The first-order chi connectivity index (χ1) is 14.1. The van der Waals surface area contributed by atoms with Gasteiger partial charge in [-0.1, -0.05) is 54.6 Å². The molecule has 29 heavy (non-hydrogen) atoms. The Labute approximate surface area is 169 Å². The summed E-state index contributed by atoms with van der Waals surface area (Å²) in [6.45, 7) is 2.12. The van der Waals surface area contributed by atoms with E-state index in [1.807, 2.05) is 18.2 Å². The van der Waals surface area contributed by atoms with E-state index in [9.17, 15) is 13.9 Å². The lowest BCUT2D eigenvalue weighted by molar-refractivity contribution is 0.108. The molecule has 0 aliphatic carbocycles. The molecule has 1 aliphatic heterocycles. The molecular formula is C25H23F2NO. The molecule has 3 aromatic carbocycles. The molecule has 1 heterocycles. The molecular weight excluding hydrogens is 368 g/mol. The lowest BCUT2D eigenvalue weighted by Gasteiger charge is -2.34. The summed E-state index contributed by atoms with van der Waals surface area (Å²) in [7, 11) is 0. The highest BCUT2D eigenvalue weighted by Gasteiger charge is 2.26. The van der Waals surface area contributed by atoms with Crippen molar-refractivity contribution in [3.05, 3.63) is 113 Å². The number of likely N-dealkylation sites (tertiary alicyclic amines) is 1. The molecule has 1 N–H and O–H groups in total. The molecule has 3 aromatic rings. The average Bonchev–Trinajstić information content (AvgIpc) is 2.73. The van der Waals surface area contributed by atoms with Crippen molar-refractivity contribution in [1.82, 2.24) is 4.90 Å². The van der Waals surface area contributed by atoms with Gasteiger partial charge in [-0.15, -0.1) is 0 Å². The van der Waals surface area contributed by atoms with Gasteiger partial charge in [-0.2, -0.15) is 0 Å². The van der Waals surface area contributed by atoms with Gasteiger partial charge in [-0.05, 0) is 58.5 Å². The van der Waals surface area contributed by atoms with Crippen LogP contribution in [0.5, 0.6) is 0 Å². The second-order valence-electron chi connectivity index (χ2n) is 7.40. The average molecular weight is 391 g/mol. The van der Waals surface area contributed by atoms with Crippen molar-refractivity contribution < 1.29 is 13.9 Å². The van der Waals surface area contributed by atoms with Gasteiger partial charge in [0, 0.05) is 19.6 Å². The number of piperidine rings is 1. The van der Waals surface area contributed by atoms with Crippen LogP contribution in [0.25, 0.3) is 5.57 Å². The second-order valence-corrected chi connectivity index (χ2v) is 7.40. The van der Waals surface area contributed by atoms with Crippen molar-refractivity contribution in [2.75, 3.05) is 13.1 Å². The standard InChI is InChI=1S/C25H23F2NO/c26-21-10-6-19(7-11-21)25(20-8-12-22(27)13-9-20)23-14-15-28(17-24(23)29)16-18-4-2-1-3-5-18/h1-13,24,29H,14-17H2. The summed E-state index contributed by atoms with van der Waals surface area (Å²) in [6.07, 6.45) is 0.0514. The molecule has 1 atom stereocenters. The number of nitrogens with zero attached hydrogens (tertiary/aromatic N) is 1. The molecule has 4 rings (SSSR count). The number of aliphatic hydroxyl groups excluding tert-OH is 1. The van der Waals surface area contributed by atoms with Gasteiger partial charge in [-0.25, -0.2) is 8.78 Å². The molecule has 0 aromatic heterocycles. The lowest BCUT2D eigenvalue weighted by atomic mass is 9.87. The van der Waals surface area contributed by atoms with Crippen LogP contribution in [0.4, 0.5) is 8.78 Å². The first-order valence-electron chi connectivity index (χ1n) is 9.79. The zero-order valence-electron chi connectivity index (χ0n) is 16.1. The molecule has 4 heteroatoms. The van der Waals surface area contributed by atoms with Gasteiger partial charge in [0.25, 0.3) is 0 Å². The Kier molecular flexibility index (Phi) is 5.84. The smallest absolute Gasteiger partial charge is 0.123 e. The van der Waals surface area contributed by atoms with Crippen LogP contribution >= 0.6 is 0 Å². The van der Waals surface area contributed by atoms with E-state index >= 15 is 0 Å². The molecule has 0 saturated carbocycles. The zero-order chi connectivity index (χ0) is 20.2. The van der Waals surface area contributed by atoms with Crippen LogP contribution in [0, 0.1) is 11.6 Å². The Morgan fingerprint density at radius 1 is 0.828 bits per heavy atom. The maximum absolute atomic E-state index is 13.5. The molecule has 0 amide bonds. The van der Waals surface area contributed by atoms with Crippen LogP contribution in [0.3, 0.4) is 0 Å². The number of halogens is 2. The molecule has 148 valence electrons. The Balaban J connectivity index is 1.66. The van der Waals surface area contributed by atoms with Gasteiger partial charge in [0.1, 0.15) is 11.6 Å². The quantitative estimate of drug-likeness (QED) is 0.674. The fourth-order valence-corrected chi connectivity index (χ4v) is 3.94. The zero-order valence-corrected chi connectivity index (χ0v) is 16.1. The minimum Gasteiger partial charge on any atom is -0.387 e. The molecule has 1 aliphatic rings. The Bertz CT molecular complexity index is 934. The molecule has 0 bridgehead atoms. The topological polar surface area (TPSA) is 23.5 Å². The highest BCUT2D eigenvalue weighted by molar-refractivity contribution is 5.82. The Morgan fingerprint density at radius 2 is 1.38 bits per heavy atom. The summed E-state index contributed by atoms with van der Waals surface area (Å²) in [5.74, 6) is -0.620. The molecule has 0 radical (unpaired) electrons. The van der Waals surface area contributed by atoms with Crippen LogP contribution in [0.2, 0.25) is 0 Å². The fourth-order valence-electron chi connectivity index (χ4n) is 3.94. The summed E-state index contributed by atoms with van der Waals surface area (Å²) < 4.78 is 26.9. The summed E-state index contributed by atoms with van der Waals surface area (Å²) in [4.78, 5) is 2.23. The van der Waals surface area contributed by atoms with Crippen LogP contribution in [0.1, 0.15) is 23.1 Å². The molecule has 2 nitrogen and oxygen atoms in total. The van der Waals surface area contributed by atoms with E-state index in [1.54, 1.807) is 24.3 Å². The molecule has 1 fully saturated rings. The summed E-state index contributed by atoms with van der Waals surface area (Å²) in [6, 6.07) is 22.7. The highest BCUT2D eigenvalue weighted by Crippen LogP contribution is 2.33. The summed E-state index contributed by atoms with van der Waals surface area (Å²) in [5, 5.41) is 11.0. The van der Waals surface area contributed by atoms with E-state index in [2.05, 4.69) is 17.0 Å². The van der Waals surface area contributed by atoms with Crippen LogP contribution in [-0.2, 0) is 6.54 Å². The second kappa shape index (κ2) is 8.68. The Morgan fingerprint density at radius 3 is 1.90 bits per heavy atom. The maximum atomic E-state index is 13.5. The first kappa shape index (κ1) is 19.5. The van der Waals surface area contributed by atoms with E-state index in [0.29, 0.717) is 13.0 Å². The predicted molar refractivity (Wildman–Crippen MR) is 111 cm³/mol. The number of rotatable bonds is 4. The number of hydrogen-bond acceptors (Lipinski definition) is 2. The van der Waals surface area contributed by atoms with Crippen molar-refractivity contribution in [2.24, 2.45) is 0 Å². The largest absolute Gasteiger partial charge is 0.387 e. The van der Waals surface area contributed by atoms with Crippen molar-refractivity contribution in [1.29, 1.82) is 0 Å². The van der Waals surface area contributed by atoms with E-state index in [1.165, 1.54) is 29.8 Å². The van der Waals surface area contributed by atoms with Crippen molar-refractivity contribution in [3.63, 3.8) is 0 Å². The molecule has 1 saturated heterocycles. The van der Waals surface area contributed by atoms with Gasteiger partial charge >= 0.3 is 0 Å². The molecule has 0 spiro atoms. The minimum absolute atomic E-state index is 0.310. The predicted octanol–water partition coefficient (Wildman–Crippen LogP) is 5.03. The summed E-state index contributed by atoms with van der Waals surface area (Å²) in [5.41, 5.74) is 4.63. The van der Waals surface area contributed by atoms with Crippen molar-refractivity contribution >= 4 is 5.57 Å². The monoisotopic (exact) mass is 391 g/mol. The van der Waals surface area contributed by atoms with Crippen LogP contribution in [-0.4, -0.2) is 29.2 Å². The van der Waals surface area contributed by atoms with E-state index in [-0.39, 0.29) is 11.6 Å². The lowest BCUT2D eigenvalue weighted by Crippen LogP contribution is -2.39. The van der Waals surface area contributed by atoms with Gasteiger partial charge in [0.15, 0.2) is 0 Å². The third-order valence-corrected chi connectivity index (χ3v) is 5.37. The molecule has 1 unspecified atom stereocenters. The number of benzene rings is 3. The van der Waals surface area contributed by atoms with Crippen molar-refractivity contribution in [3.8, 4) is 0 Å². The van der Waals surface area contributed by atoms with Gasteiger partial charge in [0.05, 0.1) is 6.10 Å². The van der Waals surface area contributed by atoms with E-state index in [4.69, 9.17) is 0 Å². The number of β-amino-alcohol motifs (C(OH)–C–C–N with tert-alkyl or cyclic N) is 1. The number of aliphatic hydroxyl groups is 1. The van der Waals surface area contributed by atoms with E-state index < -0.39 is 6.10 Å². The van der Waals surface area contributed by atoms with Crippen molar-refractivity contribution in [2.45, 2.75) is 19.1 Å². The van der Waals surface area contributed by atoms with Gasteiger partial charge < -0.3 is 5.11 Å². The normalized spacial score (nSPS) is 17.3. The number of hydrogen-bond donors (Lipinski definition) is 1. The highest BCUT2D eigenvalue weighted by atomic mass is 19.1. The maximum Gasteiger partial charge on any atom is 0.123 e. The summed E-state index contributed by atoms with van der Waals surface area (Å²) >= 11 is 0. The third-order valence-electron chi connectivity index (χ3n) is 5.37. The third kappa shape index (κ3) is 4.61. The first-order valence-corrected chi connectivity index (χ1v) is 9.79. The van der Waals surface area contributed by atoms with Gasteiger partial charge in [0.2, 0.25) is 0 Å². The fraction of sp³-hybridized carbons (Fsp3) is 0.200. The Hall–Kier alpha value is -2.82. The van der Waals surface area contributed by atoms with Crippen LogP contribution < -0.4 is 0 Å². The SMILES string of the molecule is OC1CN(Cc2ccccc2)CCC1=C(c1ccc(F)cc1)c1ccc(F)cc1. The van der Waals surface area contributed by atoms with Crippen LogP contribution in [0.15, 0.2) is 84.4 Å². The van der Waals surface area contributed by atoms with Gasteiger partial charge in [-0.3, -0.25) is 4.90 Å². The minimum atomic E-state index is -0.641.